The van der Waals surface area contributed by atoms with Gasteiger partial charge in [-0.15, -0.1) is 0 Å². The normalized spacial score (nSPS) is 37.3. The van der Waals surface area contributed by atoms with Crippen LogP contribution in [0.15, 0.2) is 0 Å². The summed E-state index contributed by atoms with van der Waals surface area (Å²) < 4.78 is 57.7. The van der Waals surface area contributed by atoms with Crippen molar-refractivity contribution in [3.8, 4) is 0 Å². The van der Waals surface area contributed by atoms with E-state index in [2.05, 4.69) is 10.6 Å². The number of hydrogen-bond donors (Lipinski definition) is 2. The van der Waals surface area contributed by atoms with Gasteiger partial charge < -0.3 is 10.6 Å². The highest BCUT2D eigenvalue weighted by molar-refractivity contribution is 5.95. The first-order valence-electron chi connectivity index (χ1n) is 11.4. The molecule has 4 aliphatic rings. The van der Waals surface area contributed by atoms with Crippen molar-refractivity contribution in [1.29, 1.82) is 0 Å². The van der Waals surface area contributed by atoms with Crippen LogP contribution in [-0.2, 0) is 9.59 Å². The minimum Gasteiger partial charge on any atom is -0.348 e. The number of carbonyl (C=O) groups is 2. The minimum absolute atomic E-state index is 0.0313. The zero-order valence-corrected chi connectivity index (χ0v) is 17.6. The van der Waals surface area contributed by atoms with Gasteiger partial charge in [-0.3, -0.25) is 9.59 Å². The fourth-order valence-corrected chi connectivity index (χ4v) is 6.91. The Morgan fingerprint density at radius 3 is 1.33 bits per heavy atom. The lowest BCUT2D eigenvalue weighted by Crippen LogP contribution is -2.62. The Morgan fingerprint density at radius 2 is 1.07 bits per heavy atom. The molecule has 8 unspecified atom stereocenters. The molecule has 4 fully saturated rings. The first kappa shape index (κ1) is 21.9. The summed E-state index contributed by atoms with van der Waals surface area (Å²) in [6.45, 7) is 3.18. The van der Waals surface area contributed by atoms with Gasteiger partial charge in [0.1, 0.15) is 0 Å². The molecule has 0 aromatic carbocycles. The summed E-state index contributed by atoms with van der Waals surface area (Å²) >= 11 is 0. The van der Waals surface area contributed by atoms with Crippen molar-refractivity contribution in [1.82, 2.24) is 10.6 Å². The van der Waals surface area contributed by atoms with Crippen LogP contribution in [0.3, 0.4) is 0 Å². The van der Waals surface area contributed by atoms with Gasteiger partial charge in [-0.1, -0.05) is 12.8 Å². The van der Waals surface area contributed by atoms with Crippen LogP contribution in [-0.4, -0.2) is 35.7 Å². The predicted octanol–water partition coefficient (Wildman–Crippen LogP) is 4.14. The van der Waals surface area contributed by atoms with E-state index < -0.39 is 35.7 Å². The summed E-state index contributed by atoms with van der Waals surface area (Å²) in [4.78, 5) is 24.2. The van der Waals surface area contributed by atoms with Crippen molar-refractivity contribution in [2.45, 2.75) is 89.1 Å². The Kier molecular flexibility index (Phi) is 5.59. The maximum atomic E-state index is 14.4. The maximum absolute atomic E-state index is 14.4. The number of halogens is 4. The molecule has 8 atom stereocenters. The molecule has 0 spiro atoms. The highest BCUT2D eigenvalue weighted by atomic mass is 19.3. The first-order valence-corrected chi connectivity index (χ1v) is 11.4. The van der Waals surface area contributed by atoms with E-state index in [9.17, 15) is 27.2 Å². The average Bonchev–Trinajstić information content (AvgIpc) is 3.47. The SMILES string of the molecule is CC(NC(=O)C(F)(F)C(F)(F)C(=O)NC(C)C1CC2CCC1C2)C1CC2CCC1C2. The molecule has 0 radical (unpaired) electrons. The van der Waals surface area contributed by atoms with Gasteiger partial charge in [0.15, 0.2) is 0 Å². The summed E-state index contributed by atoms with van der Waals surface area (Å²) in [5.41, 5.74) is 0. The third-order valence-electron chi connectivity index (χ3n) is 8.55. The zero-order chi connectivity index (χ0) is 21.8. The molecule has 0 heterocycles. The highest BCUT2D eigenvalue weighted by Gasteiger charge is 2.67. The summed E-state index contributed by atoms with van der Waals surface area (Å²) in [5.74, 6) is -12.5. The zero-order valence-electron chi connectivity index (χ0n) is 17.6. The molecule has 2 N–H and O–H groups in total. The lowest BCUT2D eigenvalue weighted by Gasteiger charge is -2.33. The van der Waals surface area contributed by atoms with E-state index in [1.807, 2.05) is 0 Å². The van der Waals surface area contributed by atoms with Crippen molar-refractivity contribution < 1.29 is 27.2 Å². The molecule has 4 bridgehead atoms. The van der Waals surface area contributed by atoms with Crippen LogP contribution in [0.4, 0.5) is 17.6 Å². The van der Waals surface area contributed by atoms with E-state index in [1.165, 1.54) is 0 Å². The van der Waals surface area contributed by atoms with E-state index in [0.29, 0.717) is 23.7 Å². The van der Waals surface area contributed by atoms with Gasteiger partial charge >= 0.3 is 11.8 Å². The Labute approximate surface area is 174 Å². The van der Waals surface area contributed by atoms with Crippen LogP contribution < -0.4 is 10.6 Å². The molecule has 4 aliphatic carbocycles. The number of fused-ring (bicyclic) bond motifs is 4. The molecule has 0 aliphatic heterocycles. The van der Waals surface area contributed by atoms with Gasteiger partial charge in [-0.2, -0.15) is 17.6 Å². The smallest absolute Gasteiger partial charge is 0.348 e. The standard InChI is InChI=1S/C22H32F4N2O2/c1-11(17-9-13-3-5-15(17)7-13)27-19(29)21(23,24)22(25,26)20(30)28-12(2)18-10-14-4-6-16(18)8-14/h11-18H,3-10H2,1-2H3,(H,27,29)(H,28,30). The highest BCUT2D eigenvalue weighted by Crippen LogP contribution is 2.50. The molecule has 30 heavy (non-hydrogen) atoms. The summed E-state index contributed by atoms with van der Waals surface area (Å²) in [5, 5.41) is 4.18. The monoisotopic (exact) mass is 432 g/mol. The van der Waals surface area contributed by atoms with Crippen molar-refractivity contribution in [2.75, 3.05) is 0 Å². The average molecular weight is 433 g/mol. The van der Waals surface area contributed by atoms with Gasteiger partial charge in [-0.25, -0.2) is 0 Å². The van der Waals surface area contributed by atoms with Gasteiger partial charge in [0.25, 0.3) is 11.8 Å². The van der Waals surface area contributed by atoms with Crippen LogP contribution in [0.25, 0.3) is 0 Å². The third-order valence-corrected chi connectivity index (χ3v) is 8.55. The Hall–Kier alpha value is -1.34. The molecular formula is C22H32F4N2O2. The Balaban J connectivity index is 1.36. The van der Waals surface area contributed by atoms with Crippen molar-refractivity contribution >= 4 is 11.8 Å². The summed E-state index contributed by atoms with van der Waals surface area (Å²) in [6, 6.07) is -1.24. The topological polar surface area (TPSA) is 58.2 Å². The molecule has 0 aromatic rings. The molecule has 0 aromatic heterocycles. The van der Waals surface area contributed by atoms with Crippen LogP contribution in [0.1, 0.15) is 65.2 Å². The minimum atomic E-state index is -5.10. The van der Waals surface area contributed by atoms with Gasteiger partial charge in [0, 0.05) is 12.1 Å². The first-order chi connectivity index (χ1) is 14.0. The number of rotatable bonds is 7. The quantitative estimate of drug-likeness (QED) is 0.594. The number of hydrogen-bond acceptors (Lipinski definition) is 2. The van der Waals surface area contributed by atoms with Crippen molar-refractivity contribution in [3.63, 3.8) is 0 Å². The molecule has 4 saturated carbocycles. The predicted molar refractivity (Wildman–Crippen MR) is 103 cm³/mol. The second-order valence-electron chi connectivity index (χ2n) is 10.4. The lowest BCUT2D eigenvalue weighted by molar-refractivity contribution is -0.212. The van der Waals surface area contributed by atoms with E-state index in [1.54, 1.807) is 13.8 Å². The van der Waals surface area contributed by atoms with E-state index >= 15 is 0 Å². The largest absolute Gasteiger partial charge is 0.395 e. The second-order valence-corrected chi connectivity index (χ2v) is 10.4. The molecule has 2 amide bonds. The van der Waals surface area contributed by atoms with Gasteiger partial charge in [-0.05, 0) is 87.9 Å². The number of carbonyl (C=O) groups excluding carboxylic acids is 2. The van der Waals surface area contributed by atoms with E-state index in [-0.39, 0.29) is 11.8 Å². The van der Waals surface area contributed by atoms with Crippen LogP contribution in [0.5, 0.6) is 0 Å². The molecule has 0 saturated heterocycles. The Morgan fingerprint density at radius 1 is 0.700 bits per heavy atom. The number of nitrogens with one attached hydrogen (secondary N) is 2. The van der Waals surface area contributed by atoms with Crippen molar-refractivity contribution in [3.05, 3.63) is 0 Å². The Bertz CT molecular complexity index is 643. The van der Waals surface area contributed by atoms with Crippen LogP contribution in [0.2, 0.25) is 0 Å². The molecule has 8 heteroatoms. The summed E-state index contributed by atoms with van der Waals surface area (Å²) in [6.07, 6.45) is 7.89. The fraction of sp³-hybridized carbons (Fsp3) is 0.909. The molecular weight excluding hydrogens is 400 g/mol. The number of alkyl halides is 4. The van der Waals surface area contributed by atoms with Crippen LogP contribution >= 0.6 is 0 Å². The lowest BCUT2D eigenvalue weighted by atomic mass is 9.83. The van der Waals surface area contributed by atoms with Gasteiger partial charge in [0.05, 0.1) is 0 Å². The van der Waals surface area contributed by atoms with E-state index in [0.717, 1.165) is 51.4 Å². The van der Waals surface area contributed by atoms with Crippen molar-refractivity contribution in [2.24, 2.45) is 35.5 Å². The van der Waals surface area contributed by atoms with E-state index in [4.69, 9.17) is 0 Å². The molecule has 4 rings (SSSR count). The maximum Gasteiger partial charge on any atom is 0.395 e. The second kappa shape index (κ2) is 7.66. The summed E-state index contributed by atoms with van der Waals surface area (Å²) in [7, 11) is 0. The fourth-order valence-electron chi connectivity index (χ4n) is 6.91. The molecule has 4 nitrogen and oxygen atoms in total. The molecule has 170 valence electrons. The van der Waals surface area contributed by atoms with Crippen LogP contribution in [0, 0.1) is 35.5 Å². The number of amides is 2. The van der Waals surface area contributed by atoms with Gasteiger partial charge in [0.2, 0.25) is 0 Å². The third kappa shape index (κ3) is 3.62.